The summed E-state index contributed by atoms with van der Waals surface area (Å²) < 4.78 is 21.6. The predicted molar refractivity (Wildman–Crippen MR) is 121 cm³/mol. The molecule has 1 aliphatic rings. The van der Waals surface area contributed by atoms with Crippen LogP contribution in [0.2, 0.25) is 0 Å². The first-order valence-corrected chi connectivity index (χ1v) is 10.6. The molecule has 164 valence electrons. The zero-order valence-corrected chi connectivity index (χ0v) is 18.6. The normalized spacial score (nSPS) is 13.5. The second-order valence-corrected chi connectivity index (χ2v) is 5.90. The van der Waals surface area contributed by atoms with Crippen molar-refractivity contribution in [2.24, 2.45) is 0 Å². The number of carbonyl (C=O) groups excluding carboxylic acids is 1. The molecule has 0 amide bonds. The largest absolute Gasteiger partial charge is 0.493 e. The van der Waals surface area contributed by atoms with Gasteiger partial charge in [0.05, 0.1) is 31.5 Å². The van der Waals surface area contributed by atoms with Gasteiger partial charge in [-0.15, -0.1) is 6.58 Å². The van der Waals surface area contributed by atoms with Crippen LogP contribution < -0.4 is 14.2 Å². The Hall–Kier alpha value is -2.79. The number of esters is 1. The van der Waals surface area contributed by atoms with Gasteiger partial charge in [-0.3, -0.25) is 0 Å². The molecule has 1 saturated heterocycles. The first-order valence-electron chi connectivity index (χ1n) is 10.6. The van der Waals surface area contributed by atoms with Crippen molar-refractivity contribution in [3.8, 4) is 17.2 Å². The summed E-state index contributed by atoms with van der Waals surface area (Å²) >= 11 is 0. The standard InChI is InChI=1S/C21H22O5.2C2H6/c1-2-3-13-23-17-6-4-16(5-7-17)21(22)26-19-10-8-18(9-11-19)24-14-12-20-15-25-20;2*1-2/h2,4-11,20H,1,3,12-15H2;2*1-2H3. The molecule has 5 heteroatoms. The number of ether oxygens (including phenoxy) is 4. The van der Waals surface area contributed by atoms with Crippen molar-refractivity contribution >= 4 is 5.97 Å². The van der Waals surface area contributed by atoms with Gasteiger partial charge < -0.3 is 18.9 Å². The molecule has 1 heterocycles. The summed E-state index contributed by atoms with van der Waals surface area (Å²) in [5, 5.41) is 0. The molecule has 0 bridgehead atoms. The second-order valence-electron chi connectivity index (χ2n) is 5.90. The lowest BCUT2D eigenvalue weighted by Crippen LogP contribution is -2.08. The van der Waals surface area contributed by atoms with E-state index in [4.69, 9.17) is 18.9 Å². The fraction of sp³-hybridized carbons (Fsp3) is 0.400. The molecular formula is C25H34O5. The van der Waals surface area contributed by atoms with Crippen LogP contribution in [0.25, 0.3) is 0 Å². The van der Waals surface area contributed by atoms with Crippen molar-refractivity contribution in [3.63, 3.8) is 0 Å². The van der Waals surface area contributed by atoms with Gasteiger partial charge in [0.2, 0.25) is 0 Å². The van der Waals surface area contributed by atoms with E-state index in [1.165, 1.54) is 0 Å². The molecule has 3 rings (SSSR count). The maximum atomic E-state index is 12.2. The van der Waals surface area contributed by atoms with Crippen molar-refractivity contribution in [1.82, 2.24) is 0 Å². The van der Waals surface area contributed by atoms with Gasteiger partial charge in [0.1, 0.15) is 17.2 Å². The Morgan fingerprint density at radius 2 is 1.43 bits per heavy atom. The average molecular weight is 415 g/mol. The van der Waals surface area contributed by atoms with Crippen molar-refractivity contribution in [3.05, 3.63) is 66.7 Å². The summed E-state index contributed by atoms with van der Waals surface area (Å²) in [6, 6.07) is 13.9. The third-order valence-electron chi connectivity index (χ3n) is 3.83. The van der Waals surface area contributed by atoms with Crippen LogP contribution in [0.5, 0.6) is 17.2 Å². The molecule has 0 aliphatic carbocycles. The van der Waals surface area contributed by atoms with Crippen LogP contribution in [0.4, 0.5) is 0 Å². The maximum Gasteiger partial charge on any atom is 0.343 e. The molecule has 1 fully saturated rings. The number of epoxide rings is 1. The molecule has 1 unspecified atom stereocenters. The Morgan fingerprint density at radius 3 is 1.97 bits per heavy atom. The van der Waals surface area contributed by atoms with E-state index in [0.29, 0.717) is 36.4 Å². The Kier molecular flexibility index (Phi) is 12.7. The van der Waals surface area contributed by atoms with Gasteiger partial charge in [0.25, 0.3) is 0 Å². The third-order valence-corrected chi connectivity index (χ3v) is 3.83. The number of carbonyl (C=O) groups is 1. The van der Waals surface area contributed by atoms with Gasteiger partial charge in [-0.25, -0.2) is 4.79 Å². The summed E-state index contributed by atoms with van der Waals surface area (Å²) in [4.78, 5) is 12.2. The van der Waals surface area contributed by atoms with E-state index in [1.807, 2.05) is 27.7 Å². The first kappa shape index (κ1) is 25.2. The first-order chi connectivity index (χ1) is 14.7. The SMILES string of the molecule is C=CCCOc1ccc(C(=O)Oc2ccc(OCCC3CO3)cc2)cc1.CC.CC. The smallest absolute Gasteiger partial charge is 0.343 e. The minimum absolute atomic E-state index is 0.356. The molecule has 0 saturated carbocycles. The number of rotatable bonds is 10. The fourth-order valence-corrected chi connectivity index (χ4v) is 2.26. The highest BCUT2D eigenvalue weighted by Crippen LogP contribution is 2.21. The van der Waals surface area contributed by atoms with Crippen molar-refractivity contribution < 1.29 is 23.7 Å². The van der Waals surface area contributed by atoms with Gasteiger partial charge in [-0.05, 0) is 55.0 Å². The molecular weight excluding hydrogens is 380 g/mol. The second kappa shape index (κ2) is 15.1. The molecule has 0 spiro atoms. The van der Waals surface area contributed by atoms with Crippen molar-refractivity contribution in [2.45, 2.75) is 46.6 Å². The zero-order chi connectivity index (χ0) is 22.2. The Labute approximate surface area is 180 Å². The molecule has 30 heavy (non-hydrogen) atoms. The van der Waals surface area contributed by atoms with Gasteiger partial charge in [0, 0.05) is 6.42 Å². The highest BCUT2D eigenvalue weighted by molar-refractivity contribution is 5.91. The Morgan fingerprint density at radius 1 is 0.933 bits per heavy atom. The van der Waals surface area contributed by atoms with Gasteiger partial charge in [-0.1, -0.05) is 33.8 Å². The molecule has 1 atom stereocenters. The third kappa shape index (κ3) is 9.61. The van der Waals surface area contributed by atoms with Crippen LogP contribution in [0.1, 0.15) is 50.9 Å². The van der Waals surface area contributed by atoms with Crippen LogP contribution in [0.3, 0.4) is 0 Å². The van der Waals surface area contributed by atoms with Gasteiger partial charge in [0.15, 0.2) is 0 Å². The fourth-order valence-electron chi connectivity index (χ4n) is 2.26. The Bertz CT molecular complexity index is 718. The van der Waals surface area contributed by atoms with Crippen LogP contribution in [-0.4, -0.2) is 31.9 Å². The molecule has 5 nitrogen and oxygen atoms in total. The topological polar surface area (TPSA) is 57.3 Å². The average Bonchev–Trinajstić information content (AvgIpc) is 3.63. The lowest BCUT2D eigenvalue weighted by Gasteiger charge is -2.08. The van der Waals surface area contributed by atoms with E-state index in [0.717, 1.165) is 25.2 Å². The summed E-state index contributed by atoms with van der Waals surface area (Å²) in [5.74, 6) is 1.51. The highest BCUT2D eigenvalue weighted by atomic mass is 16.6. The molecule has 1 aliphatic heterocycles. The number of hydrogen-bond acceptors (Lipinski definition) is 5. The number of benzene rings is 2. The van der Waals surface area contributed by atoms with E-state index >= 15 is 0 Å². The highest BCUT2D eigenvalue weighted by Gasteiger charge is 2.21. The molecule has 2 aromatic rings. The summed E-state index contributed by atoms with van der Waals surface area (Å²) in [6.07, 6.45) is 3.82. The van der Waals surface area contributed by atoms with Crippen LogP contribution >= 0.6 is 0 Å². The lowest BCUT2D eigenvalue weighted by molar-refractivity contribution is 0.0734. The zero-order valence-electron chi connectivity index (χ0n) is 18.6. The molecule has 0 aromatic heterocycles. The quantitative estimate of drug-likeness (QED) is 0.155. The van der Waals surface area contributed by atoms with Crippen LogP contribution in [0, 0.1) is 0 Å². The van der Waals surface area contributed by atoms with E-state index < -0.39 is 5.97 Å². The van der Waals surface area contributed by atoms with Crippen molar-refractivity contribution in [2.75, 3.05) is 19.8 Å². The van der Waals surface area contributed by atoms with Crippen molar-refractivity contribution in [1.29, 1.82) is 0 Å². The van der Waals surface area contributed by atoms with Crippen LogP contribution in [-0.2, 0) is 4.74 Å². The minimum atomic E-state index is -0.415. The van der Waals surface area contributed by atoms with E-state index in [-0.39, 0.29) is 0 Å². The van der Waals surface area contributed by atoms with Gasteiger partial charge >= 0.3 is 5.97 Å². The summed E-state index contributed by atoms with van der Waals surface area (Å²) in [6.45, 7) is 13.7. The van der Waals surface area contributed by atoms with E-state index in [1.54, 1.807) is 54.6 Å². The molecule has 0 N–H and O–H groups in total. The van der Waals surface area contributed by atoms with Gasteiger partial charge in [-0.2, -0.15) is 0 Å². The molecule has 2 aromatic carbocycles. The van der Waals surface area contributed by atoms with E-state index in [2.05, 4.69) is 6.58 Å². The van der Waals surface area contributed by atoms with E-state index in [9.17, 15) is 4.79 Å². The predicted octanol–water partition coefficient (Wildman–Crippen LogP) is 6.08. The summed E-state index contributed by atoms with van der Waals surface area (Å²) in [7, 11) is 0. The molecule has 0 radical (unpaired) electrons. The lowest BCUT2D eigenvalue weighted by atomic mass is 10.2. The minimum Gasteiger partial charge on any atom is -0.493 e. The number of hydrogen-bond donors (Lipinski definition) is 0. The maximum absolute atomic E-state index is 12.2. The summed E-state index contributed by atoms with van der Waals surface area (Å²) in [5.41, 5.74) is 0.464. The Balaban J connectivity index is 0.00000106. The van der Waals surface area contributed by atoms with Crippen LogP contribution in [0.15, 0.2) is 61.2 Å². The monoisotopic (exact) mass is 414 g/mol.